The van der Waals surface area contributed by atoms with Crippen molar-refractivity contribution < 1.29 is 14.3 Å². The molecule has 0 saturated heterocycles. The van der Waals surface area contributed by atoms with Gasteiger partial charge in [-0.2, -0.15) is 0 Å². The molecule has 2 rings (SSSR count). The van der Waals surface area contributed by atoms with Crippen molar-refractivity contribution in [1.29, 1.82) is 0 Å². The molecule has 1 unspecified atom stereocenters. The number of carbonyl (C=O) groups excluding carboxylic acids is 2. The van der Waals surface area contributed by atoms with Gasteiger partial charge in [-0.05, 0) is 31.9 Å². The summed E-state index contributed by atoms with van der Waals surface area (Å²) < 4.78 is 5.63. The van der Waals surface area contributed by atoms with Crippen LogP contribution in [0.5, 0.6) is 5.75 Å². The molecule has 3 nitrogen and oxygen atoms in total. The Morgan fingerprint density at radius 1 is 1.00 bits per heavy atom. The third-order valence-electron chi connectivity index (χ3n) is 4.69. The lowest BCUT2D eigenvalue weighted by atomic mass is 9.86. The molecule has 0 N–H and O–H groups in total. The summed E-state index contributed by atoms with van der Waals surface area (Å²) in [5, 5.41) is 0. The first kappa shape index (κ1) is 17.7. The molecule has 1 aliphatic carbocycles. The quantitative estimate of drug-likeness (QED) is 0.730. The average Bonchev–Trinajstić information content (AvgIpc) is 2.53. The van der Waals surface area contributed by atoms with E-state index >= 15 is 0 Å². The van der Waals surface area contributed by atoms with Crippen molar-refractivity contribution in [3.63, 3.8) is 0 Å². The summed E-state index contributed by atoms with van der Waals surface area (Å²) in [4.78, 5) is 24.5. The monoisotopic (exact) mass is 316 g/mol. The Labute approximate surface area is 139 Å². The number of Topliss-reactive ketones (excluding diaryl/α,β-unsaturated/α-hetero) is 2. The SMILES string of the molecule is CC(Oc1ccccc1)C(=O)CCC(=O)C1CCCCCCC1. The Morgan fingerprint density at radius 3 is 2.26 bits per heavy atom. The second-order valence-electron chi connectivity index (χ2n) is 6.55. The van der Waals surface area contributed by atoms with Crippen LogP contribution in [0, 0.1) is 5.92 Å². The van der Waals surface area contributed by atoms with E-state index in [4.69, 9.17) is 4.74 Å². The van der Waals surface area contributed by atoms with Crippen molar-refractivity contribution in [3.05, 3.63) is 30.3 Å². The van der Waals surface area contributed by atoms with Crippen LogP contribution in [0.25, 0.3) is 0 Å². The van der Waals surface area contributed by atoms with Crippen LogP contribution in [0.3, 0.4) is 0 Å². The highest BCUT2D eigenvalue weighted by Gasteiger charge is 2.22. The van der Waals surface area contributed by atoms with Gasteiger partial charge in [-0.15, -0.1) is 0 Å². The predicted octanol–water partition coefficient (Wildman–Crippen LogP) is 4.73. The summed E-state index contributed by atoms with van der Waals surface area (Å²) in [6, 6.07) is 9.34. The van der Waals surface area contributed by atoms with E-state index in [1.54, 1.807) is 6.92 Å². The zero-order chi connectivity index (χ0) is 16.5. The van der Waals surface area contributed by atoms with E-state index in [-0.39, 0.29) is 17.5 Å². The summed E-state index contributed by atoms with van der Waals surface area (Å²) >= 11 is 0. The standard InChI is InChI=1S/C20H28O3/c1-16(23-18-12-8-5-9-13-18)19(21)14-15-20(22)17-10-6-3-2-4-7-11-17/h5,8-9,12-13,16-17H,2-4,6-7,10-11,14-15H2,1H3. The van der Waals surface area contributed by atoms with E-state index in [9.17, 15) is 9.59 Å². The molecule has 1 saturated carbocycles. The maximum absolute atomic E-state index is 12.4. The normalized spacial score (nSPS) is 17.8. The number of carbonyl (C=O) groups is 2. The van der Waals surface area contributed by atoms with Crippen LogP contribution < -0.4 is 4.74 Å². The number of para-hydroxylation sites is 1. The second kappa shape index (κ2) is 9.49. The number of rotatable bonds is 7. The molecule has 0 aromatic heterocycles. The summed E-state index contributed by atoms with van der Waals surface area (Å²) in [5.74, 6) is 1.15. The van der Waals surface area contributed by atoms with Crippen LogP contribution in [0.4, 0.5) is 0 Å². The molecular formula is C20H28O3. The Bertz CT molecular complexity index is 487. The molecule has 1 atom stereocenters. The molecule has 126 valence electrons. The maximum atomic E-state index is 12.4. The lowest BCUT2D eigenvalue weighted by Crippen LogP contribution is -2.25. The predicted molar refractivity (Wildman–Crippen MR) is 91.6 cm³/mol. The third kappa shape index (κ3) is 6.17. The number of hydrogen-bond acceptors (Lipinski definition) is 3. The average molecular weight is 316 g/mol. The zero-order valence-corrected chi connectivity index (χ0v) is 14.1. The molecule has 23 heavy (non-hydrogen) atoms. The molecule has 1 aromatic carbocycles. The van der Waals surface area contributed by atoms with Crippen LogP contribution in [0.15, 0.2) is 30.3 Å². The van der Waals surface area contributed by atoms with Crippen molar-refractivity contribution in [1.82, 2.24) is 0 Å². The largest absolute Gasteiger partial charge is 0.483 e. The van der Waals surface area contributed by atoms with Crippen LogP contribution in [0.2, 0.25) is 0 Å². The first-order valence-electron chi connectivity index (χ1n) is 8.94. The minimum atomic E-state index is -0.498. The molecule has 0 amide bonds. The third-order valence-corrected chi connectivity index (χ3v) is 4.69. The van der Waals surface area contributed by atoms with Crippen molar-refractivity contribution in [3.8, 4) is 5.75 Å². The van der Waals surface area contributed by atoms with E-state index in [1.165, 1.54) is 19.3 Å². The summed E-state index contributed by atoms with van der Waals surface area (Å²) in [6.07, 6.45) is 8.25. The van der Waals surface area contributed by atoms with Crippen LogP contribution in [0.1, 0.15) is 64.7 Å². The molecule has 0 bridgehead atoms. The molecule has 0 spiro atoms. The number of ketones is 2. The van der Waals surface area contributed by atoms with Gasteiger partial charge in [-0.3, -0.25) is 9.59 Å². The van der Waals surface area contributed by atoms with Crippen molar-refractivity contribution in [2.24, 2.45) is 5.92 Å². The van der Waals surface area contributed by atoms with Gasteiger partial charge in [0.15, 0.2) is 11.9 Å². The van der Waals surface area contributed by atoms with E-state index in [2.05, 4.69) is 0 Å². The second-order valence-corrected chi connectivity index (χ2v) is 6.55. The van der Waals surface area contributed by atoms with Gasteiger partial charge in [0.25, 0.3) is 0 Å². The Kier molecular flexibility index (Phi) is 7.31. The van der Waals surface area contributed by atoms with Crippen LogP contribution in [-0.2, 0) is 9.59 Å². The molecule has 0 heterocycles. The highest BCUT2D eigenvalue weighted by atomic mass is 16.5. The van der Waals surface area contributed by atoms with E-state index in [1.807, 2.05) is 30.3 Å². The number of hydrogen-bond donors (Lipinski definition) is 0. The summed E-state index contributed by atoms with van der Waals surface area (Å²) in [6.45, 7) is 1.76. The van der Waals surface area contributed by atoms with Gasteiger partial charge in [-0.1, -0.05) is 50.3 Å². The highest BCUT2D eigenvalue weighted by Crippen LogP contribution is 2.24. The van der Waals surface area contributed by atoms with Gasteiger partial charge < -0.3 is 4.74 Å². The molecule has 0 radical (unpaired) electrons. The van der Waals surface area contributed by atoms with E-state index < -0.39 is 6.10 Å². The molecule has 1 aromatic rings. The fourth-order valence-electron chi connectivity index (χ4n) is 3.20. The minimum absolute atomic E-state index is 0.00745. The topological polar surface area (TPSA) is 43.4 Å². The van der Waals surface area contributed by atoms with Crippen molar-refractivity contribution >= 4 is 11.6 Å². The fourth-order valence-corrected chi connectivity index (χ4v) is 3.20. The minimum Gasteiger partial charge on any atom is -0.483 e. The smallest absolute Gasteiger partial charge is 0.173 e. The van der Waals surface area contributed by atoms with Gasteiger partial charge >= 0.3 is 0 Å². The van der Waals surface area contributed by atoms with E-state index in [0.717, 1.165) is 25.7 Å². The first-order chi connectivity index (χ1) is 11.2. The summed E-state index contributed by atoms with van der Waals surface area (Å²) in [7, 11) is 0. The molecular weight excluding hydrogens is 288 g/mol. The van der Waals surface area contributed by atoms with Crippen LogP contribution in [-0.4, -0.2) is 17.7 Å². The lowest BCUT2D eigenvalue weighted by Gasteiger charge is -2.19. The Morgan fingerprint density at radius 2 is 1.61 bits per heavy atom. The van der Waals surface area contributed by atoms with E-state index in [0.29, 0.717) is 18.6 Å². The zero-order valence-electron chi connectivity index (χ0n) is 14.1. The van der Waals surface area contributed by atoms with Crippen molar-refractivity contribution in [2.75, 3.05) is 0 Å². The van der Waals surface area contributed by atoms with Gasteiger partial charge in [0, 0.05) is 18.8 Å². The van der Waals surface area contributed by atoms with Gasteiger partial charge in [0.2, 0.25) is 0 Å². The number of benzene rings is 1. The van der Waals surface area contributed by atoms with Gasteiger partial charge in [0.05, 0.1) is 0 Å². The molecule has 1 fully saturated rings. The molecule has 0 aliphatic heterocycles. The molecule has 1 aliphatic rings. The van der Waals surface area contributed by atoms with Crippen LogP contribution >= 0.6 is 0 Å². The Hall–Kier alpha value is -1.64. The summed E-state index contributed by atoms with van der Waals surface area (Å²) in [5.41, 5.74) is 0. The maximum Gasteiger partial charge on any atom is 0.173 e. The van der Waals surface area contributed by atoms with Gasteiger partial charge in [0.1, 0.15) is 11.5 Å². The molecule has 3 heteroatoms. The fraction of sp³-hybridized carbons (Fsp3) is 0.600. The lowest BCUT2D eigenvalue weighted by molar-refractivity contribution is -0.129. The van der Waals surface area contributed by atoms with Gasteiger partial charge in [-0.25, -0.2) is 0 Å². The van der Waals surface area contributed by atoms with Crippen molar-refractivity contribution in [2.45, 2.75) is 70.8 Å². The number of ether oxygens (including phenoxy) is 1. The highest BCUT2D eigenvalue weighted by molar-refractivity contribution is 5.89. The Balaban J connectivity index is 1.75. The first-order valence-corrected chi connectivity index (χ1v) is 8.94.